The molecule has 0 aliphatic heterocycles. The Hall–Kier alpha value is -3.29. The first kappa shape index (κ1) is 17.5. The number of benzene rings is 1. The number of oxazole rings is 1. The number of carbonyl (C=O) groups is 1. The van der Waals surface area contributed by atoms with Gasteiger partial charge in [-0.15, -0.1) is 0 Å². The average Bonchev–Trinajstić information content (AvgIpc) is 3.06. The van der Waals surface area contributed by atoms with Crippen LogP contribution in [0.5, 0.6) is 5.75 Å². The van der Waals surface area contributed by atoms with Crippen LogP contribution >= 0.6 is 0 Å². The van der Waals surface area contributed by atoms with Gasteiger partial charge in [-0.3, -0.25) is 4.79 Å². The highest BCUT2D eigenvalue weighted by molar-refractivity contribution is 5.89. The molecule has 2 aromatic heterocycles. The quantitative estimate of drug-likeness (QED) is 0.679. The van der Waals surface area contributed by atoms with Gasteiger partial charge in [-0.1, -0.05) is 18.7 Å². The third-order valence-electron chi connectivity index (χ3n) is 3.45. The van der Waals surface area contributed by atoms with Crippen LogP contribution in [0, 0.1) is 0 Å². The number of halogens is 2. The van der Waals surface area contributed by atoms with Crippen molar-refractivity contribution in [1.82, 2.24) is 15.3 Å². The van der Waals surface area contributed by atoms with Crippen molar-refractivity contribution in [1.29, 1.82) is 0 Å². The van der Waals surface area contributed by atoms with Crippen molar-refractivity contribution in [2.75, 3.05) is 0 Å². The minimum atomic E-state index is -3.26. The van der Waals surface area contributed by atoms with Crippen molar-refractivity contribution in [3.63, 3.8) is 0 Å². The monoisotopic (exact) mass is 359 g/mol. The second-order valence-corrected chi connectivity index (χ2v) is 5.52. The number of carbonyl (C=O) groups excluding carboxylic acids is 1. The third-order valence-corrected chi connectivity index (χ3v) is 3.45. The number of pyridine rings is 1. The largest absolute Gasteiger partial charge is 0.433 e. The Kier molecular flexibility index (Phi) is 4.66. The highest BCUT2D eigenvalue weighted by Crippen LogP contribution is 2.30. The van der Waals surface area contributed by atoms with Gasteiger partial charge in [0.05, 0.1) is 12.2 Å². The van der Waals surface area contributed by atoms with E-state index in [-0.39, 0.29) is 18.2 Å². The smallest absolute Gasteiger partial charge is 0.394 e. The third kappa shape index (κ3) is 4.02. The molecule has 6 nitrogen and oxygen atoms in total. The van der Waals surface area contributed by atoms with E-state index < -0.39 is 6.11 Å². The maximum Gasteiger partial charge on any atom is 0.394 e. The number of fused-ring (bicyclic) bond motifs is 1. The number of nitrogens with zero attached hydrogens (tertiary/aromatic N) is 2. The first-order valence-corrected chi connectivity index (χ1v) is 7.66. The molecule has 0 atom stereocenters. The van der Waals surface area contributed by atoms with Gasteiger partial charge < -0.3 is 14.5 Å². The van der Waals surface area contributed by atoms with Crippen LogP contribution in [0.25, 0.3) is 22.4 Å². The number of ether oxygens (including phenoxy) is 1. The topological polar surface area (TPSA) is 77.2 Å². The van der Waals surface area contributed by atoms with E-state index in [4.69, 9.17) is 4.42 Å². The molecule has 134 valence electrons. The predicted molar refractivity (Wildman–Crippen MR) is 90.5 cm³/mol. The van der Waals surface area contributed by atoms with E-state index in [0.717, 1.165) is 11.6 Å². The first-order valence-electron chi connectivity index (χ1n) is 7.66. The molecule has 1 aromatic carbocycles. The van der Waals surface area contributed by atoms with Gasteiger partial charge >= 0.3 is 6.11 Å². The van der Waals surface area contributed by atoms with Gasteiger partial charge in [0.2, 0.25) is 11.6 Å². The minimum Gasteiger partial charge on any atom is -0.433 e. The molecule has 2 heterocycles. The van der Waals surface area contributed by atoms with Gasteiger partial charge in [0.15, 0.2) is 6.39 Å². The predicted octanol–water partition coefficient (Wildman–Crippen LogP) is 3.68. The summed E-state index contributed by atoms with van der Waals surface area (Å²) in [4.78, 5) is 19.8. The molecule has 3 aromatic rings. The highest BCUT2D eigenvalue weighted by atomic mass is 19.3. The zero-order valence-electron chi connectivity index (χ0n) is 13.8. The molecule has 0 bridgehead atoms. The Balaban J connectivity index is 1.94. The molecular formula is C18H15F2N3O3. The van der Waals surface area contributed by atoms with Crippen LogP contribution < -0.4 is 10.1 Å². The van der Waals surface area contributed by atoms with E-state index in [9.17, 15) is 13.6 Å². The number of rotatable bonds is 6. The summed E-state index contributed by atoms with van der Waals surface area (Å²) in [6.07, 6.45) is -0.827. The second kappa shape index (κ2) is 6.91. The Bertz CT molecular complexity index is 946. The summed E-state index contributed by atoms with van der Waals surface area (Å²) in [5.74, 6) is -0.279. The Labute approximate surface area is 147 Å². The SMILES string of the molecule is C=CC(=O)NCc1cc(-c2ccc(OC(C)(F)F)cc2)c2ncoc2n1. The maximum atomic E-state index is 12.9. The Morgan fingerprint density at radius 3 is 2.77 bits per heavy atom. The number of hydrogen-bond donors (Lipinski definition) is 1. The fourth-order valence-electron chi connectivity index (χ4n) is 2.37. The molecule has 0 aliphatic carbocycles. The van der Waals surface area contributed by atoms with E-state index in [1.54, 1.807) is 18.2 Å². The average molecular weight is 359 g/mol. The van der Waals surface area contributed by atoms with Crippen LogP contribution in [0.3, 0.4) is 0 Å². The van der Waals surface area contributed by atoms with E-state index in [2.05, 4.69) is 26.6 Å². The van der Waals surface area contributed by atoms with E-state index in [1.807, 2.05) is 0 Å². The lowest BCUT2D eigenvalue weighted by atomic mass is 10.0. The van der Waals surface area contributed by atoms with Crippen LogP contribution in [0.1, 0.15) is 12.6 Å². The number of hydrogen-bond acceptors (Lipinski definition) is 5. The molecule has 26 heavy (non-hydrogen) atoms. The van der Waals surface area contributed by atoms with Gasteiger partial charge in [-0.2, -0.15) is 8.78 Å². The molecule has 0 spiro atoms. The first-order chi connectivity index (χ1) is 12.4. The van der Waals surface area contributed by atoms with Crippen LogP contribution in [0.2, 0.25) is 0 Å². The molecule has 0 unspecified atom stereocenters. The Morgan fingerprint density at radius 2 is 2.12 bits per heavy atom. The molecule has 0 saturated heterocycles. The minimum absolute atomic E-state index is 0.0465. The maximum absolute atomic E-state index is 12.9. The number of aromatic nitrogens is 2. The fourth-order valence-corrected chi connectivity index (χ4v) is 2.37. The van der Waals surface area contributed by atoms with Crippen LogP contribution in [-0.2, 0) is 11.3 Å². The zero-order chi connectivity index (χ0) is 18.7. The van der Waals surface area contributed by atoms with Gasteiger partial charge in [0.25, 0.3) is 0 Å². The summed E-state index contributed by atoms with van der Waals surface area (Å²) in [7, 11) is 0. The molecule has 0 fully saturated rings. The molecule has 0 aliphatic rings. The van der Waals surface area contributed by atoms with Crippen LogP contribution in [-0.4, -0.2) is 22.0 Å². The highest BCUT2D eigenvalue weighted by Gasteiger charge is 2.23. The van der Waals surface area contributed by atoms with Crippen molar-refractivity contribution < 1.29 is 22.7 Å². The van der Waals surface area contributed by atoms with Gasteiger partial charge in [-0.25, -0.2) is 9.97 Å². The summed E-state index contributed by atoms with van der Waals surface area (Å²) in [6, 6.07) is 7.91. The van der Waals surface area contributed by atoms with Crippen LogP contribution in [0.4, 0.5) is 8.78 Å². The van der Waals surface area contributed by atoms with E-state index in [1.165, 1.54) is 18.5 Å². The molecule has 0 radical (unpaired) electrons. The lowest BCUT2D eigenvalue weighted by molar-refractivity contribution is -0.158. The van der Waals surface area contributed by atoms with Gasteiger partial charge in [-0.05, 0) is 29.8 Å². The van der Waals surface area contributed by atoms with Crippen molar-refractivity contribution in [2.45, 2.75) is 19.6 Å². The molecule has 1 N–H and O–H groups in total. The molecule has 0 saturated carbocycles. The number of alkyl halides is 2. The summed E-state index contributed by atoms with van der Waals surface area (Å²) < 4.78 is 35.7. The zero-order valence-corrected chi connectivity index (χ0v) is 13.8. The van der Waals surface area contributed by atoms with Crippen LogP contribution in [0.15, 0.2) is 53.8 Å². The van der Waals surface area contributed by atoms with Crippen molar-refractivity contribution in [3.8, 4) is 16.9 Å². The van der Waals surface area contributed by atoms with Crippen molar-refractivity contribution in [3.05, 3.63) is 55.1 Å². The molecule has 1 amide bonds. The number of amides is 1. The normalized spacial score (nSPS) is 11.3. The van der Waals surface area contributed by atoms with Crippen molar-refractivity contribution in [2.24, 2.45) is 0 Å². The number of nitrogens with one attached hydrogen (secondary N) is 1. The fraction of sp³-hybridized carbons (Fsp3) is 0.167. The van der Waals surface area contributed by atoms with E-state index >= 15 is 0 Å². The summed E-state index contributed by atoms with van der Waals surface area (Å²) >= 11 is 0. The molecule has 8 heteroatoms. The molecule has 3 rings (SSSR count). The summed E-state index contributed by atoms with van der Waals surface area (Å²) in [5.41, 5.74) is 2.81. The molecular weight excluding hydrogens is 344 g/mol. The summed E-state index contributed by atoms with van der Waals surface area (Å²) in [5, 5.41) is 2.63. The van der Waals surface area contributed by atoms with Gasteiger partial charge in [0, 0.05) is 12.5 Å². The summed E-state index contributed by atoms with van der Waals surface area (Å²) in [6.45, 7) is 4.24. The van der Waals surface area contributed by atoms with Gasteiger partial charge in [0.1, 0.15) is 11.3 Å². The van der Waals surface area contributed by atoms with E-state index in [0.29, 0.717) is 29.4 Å². The van der Waals surface area contributed by atoms with Crippen molar-refractivity contribution >= 4 is 17.1 Å². The Morgan fingerprint density at radius 1 is 1.38 bits per heavy atom. The standard InChI is InChI=1S/C18H15F2N3O3/c1-3-15(24)21-9-12-8-14(16-17(23-12)25-10-22-16)11-4-6-13(7-5-11)26-18(2,19)20/h3-8,10H,1,9H2,2H3,(H,21,24). The lowest BCUT2D eigenvalue weighted by Crippen LogP contribution is -2.20. The lowest BCUT2D eigenvalue weighted by Gasteiger charge is -2.13. The second-order valence-electron chi connectivity index (χ2n) is 5.52.